The van der Waals surface area contributed by atoms with Crippen molar-refractivity contribution < 1.29 is 27.9 Å². The zero-order valence-corrected chi connectivity index (χ0v) is 36.9. The van der Waals surface area contributed by atoms with Crippen molar-refractivity contribution in [2.75, 3.05) is 11.9 Å². The Balaban J connectivity index is 1.47. The monoisotopic (exact) mass is 874 g/mol. The summed E-state index contributed by atoms with van der Waals surface area (Å²) in [5, 5.41) is 3.56. The molecule has 0 bridgehead atoms. The molecule has 59 heavy (non-hydrogen) atoms. The van der Waals surface area contributed by atoms with E-state index in [9.17, 15) is 9.18 Å². The number of hydrogen-bond donors (Lipinski definition) is 1. The number of nitrogens with zero attached hydrogens (tertiary/aromatic N) is 1. The second-order valence-electron chi connectivity index (χ2n) is 16.8. The SMILES string of the molecule is [C-]#[N+]c1ccc(N[C@H](c2ccc(Br)cc2OCc2ccccc2)[C@@H](CC[C@H](O[Si](C)(C)C(C)(C)C)c2ccc(F)cc2)C(=O)C2C(=O)OC[C@@H]2Cc2ccccc2)cc1. The van der Waals surface area contributed by atoms with Gasteiger partial charge in [-0.25, -0.2) is 9.24 Å². The molecule has 306 valence electrons. The number of hydrogen-bond acceptors (Lipinski definition) is 6. The number of Topliss-reactive ketones (excluding diaryl/α,β-unsaturated/α-hetero) is 1. The highest BCUT2D eigenvalue weighted by Crippen LogP contribution is 2.45. The summed E-state index contributed by atoms with van der Waals surface area (Å²) in [4.78, 5) is 32.9. The van der Waals surface area contributed by atoms with E-state index in [1.807, 2.05) is 91.0 Å². The van der Waals surface area contributed by atoms with Gasteiger partial charge in [-0.1, -0.05) is 128 Å². The van der Waals surface area contributed by atoms with Crippen LogP contribution < -0.4 is 10.1 Å². The maximum Gasteiger partial charge on any atom is 0.316 e. The molecule has 1 aliphatic rings. The molecular weight excluding hydrogens is 824 g/mol. The molecule has 1 N–H and O–H groups in total. The highest BCUT2D eigenvalue weighted by Gasteiger charge is 2.47. The topological polar surface area (TPSA) is 78.2 Å². The van der Waals surface area contributed by atoms with Crippen LogP contribution in [0.1, 0.15) is 68.0 Å². The van der Waals surface area contributed by atoms with E-state index >= 15 is 4.79 Å². The lowest BCUT2D eigenvalue weighted by Crippen LogP contribution is -2.42. The third-order valence-electron chi connectivity index (χ3n) is 11.7. The average molecular weight is 876 g/mol. The van der Waals surface area contributed by atoms with Gasteiger partial charge in [0.1, 0.15) is 24.1 Å². The quantitative estimate of drug-likeness (QED) is 0.0434. The Morgan fingerprint density at radius 3 is 2.19 bits per heavy atom. The van der Waals surface area contributed by atoms with Crippen molar-refractivity contribution >= 4 is 47.4 Å². The first-order chi connectivity index (χ1) is 28.2. The van der Waals surface area contributed by atoms with Crippen molar-refractivity contribution in [3.63, 3.8) is 0 Å². The fourth-order valence-electron chi connectivity index (χ4n) is 7.38. The Morgan fingerprint density at radius 2 is 1.56 bits per heavy atom. The van der Waals surface area contributed by atoms with E-state index in [-0.39, 0.29) is 35.8 Å². The van der Waals surface area contributed by atoms with Crippen LogP contribution >= 0.6 is 15.9 Å². The first-order valence-electron chi connectivity index (χ1n) is 20.1. The molecule has 0 aliphatic carbocycles. The van der Waals surface area contributed by atoms with Crippen LogP contribution in [0.2, 0.25) is 18.1 Å². The molecule has 1 unspecified atom stereocenters. The molecule has 1 heterocycles. The Kier molecular flexibility index (Phi) is 14.2. The number of esters is 1. The minimum absolute atomic E-state index is 0.122. The summed E-state index contributed by atoms with van der Waals surface area (Å²) in [6.45, 7) is 18.9. The van der Waals surface area contributed by atoms with Gasteiger partial charge in [0, 0.05) is 27.6 Å². The van der Waals surface area contributed by atoms with Gasteiger partial charge in [0.15, 0.2) is 19.8 Å². The standard InChI is InChI=1S/C49H52BrFN2O5Si/c1-49(2,3)59(5,6)58-43(35-17-20-38(51)21-18-35)28-27-42(47(54)45-36(32-57-48(45)55)29-33-13-9-7-10-14-33)46(53-40-24-22-39(52-4)23-25-40)41-26-19-37(50)30-44(41)56-31-34-15-11-8-12-16-34/h7-26,30,36,42-43,45-46,53H,27-29,31-32H2,1-3,5-6H3/t36-,42+,43-,45?,46+/m0/s1. The molecule has 0 saturated carbocycles. The lowest BCUT2D eigenvalue weighted by molar-refractivity contribution is -0.146. The van der Waals surface area contributed by atoms with Crippen molar-refractivity contribution in [1.29, 1.82) is 0 Å². The average Bonchev–Trinajstić information content (AvgIpc) is 3.59. The van der Waals surface area contributed by atoms with Crippen LogP contribution in [-0.4, -0.2) is 26.7 Å². The Labute approximate surface area is 357 Å². The molecule has 0 aromatic heterocycles. The first-order valence-corrected chi connectivity index (χ1v) is 23.8. The van der Waals surface area contributed by atoms with Gasteiger partial charge in [0.2, 0.25) is 0 Å². The Hall–Kier alpha value is -5.08. The minimum Gasteiger partial charge on any atom is -0.489 e. The Morgan fingerprint density at radius 1 is 0.915 bits per heavy atom. The van der Waals surface area contributed by atoms with Gasteiger partial charge >= 0.3 is 5.97 Å². The summed E-state index contributed by atoms with van der Waals surface area (Å²) >= 11 is 3.65. The maximum absolute atomic E-state index is 15.5. The summed E-state index contributed by atoms with van der Waals surface area (Å²) in [5.41, 5.74) is 4.72. The summed E-state index contributed by atoms with van der Waals surface area (Å²) in [6, 6.07) is 38.3. The van der Waals surface area contributed by atoms with Crippen LogP contribution in [0.25, 0.3) is 4.85 Å². The molecule has 0 amide bonds. The van der Waals surface area contributed by atoms with Gasteiger partial charge in [0.25, 0.3) is 0 Å². The van der Waals surface area contributed by atoms with Crippen molar-refractivity contribution in [2.45, 2.75) is 76.9 Å². The third-order valence-corrected chi connectivity index (χ3v) is 16.7. The number of ketones is 1. The van der Waals surface area contributed by atoms with Gasteiger partial charge in [-0.15, -0.1) is 0 Å². The van der Waals surface area contributed by atoms with Crippen LogP contribution in [0.3, 0.4) is 0 Å². The largest absolute Gasteiger partial charge is 0.489 e. The summed E-state index contributed by atoms with van der Waals surface area (Å²) in [5.74, 6) is -2.70. The van der Waals surface area contributed by atoms with Crippen molar-refractivity contribution in [1.82, 2.24) is 0 Å². The van der Waals surface area contributed by atoms with Crippen LogP contribution in [0.4, 0.5) is 15.8 Å². The van der Waals surface area contributed by atoms with E-state index in [0.717, 1.165) is 26.7 Å². The number of cyclic esters (lactones) is 1. The molecule has 1 saturated heterocycles. The smallest absolute Gasteiger partial charge is 0.316 e. The normalized spacial score (nSPS) is 17.0. The zero-order valence-electron chi connectivity index (χ0n) is 34.3. The molecule has 7 nitrogen and oxygen atoms in total. The number of nitrogens with one attached hydrogen (secondary N) is 1. The molecule has 10 heteroatoms. The fourth-order valence-corrected chi connectivity index (χ4v) is 9.04. The fraction of sp³-hybridized carbons (Fsp3) is 0.327. The zero-order chi connectivity index (χ0) is 42.2. The van der Waals surface area contributed by atoms with E-state index in [2.05, 4.69) is 60.0 Å². The Bertz CT molecular complexity index is 2220. The van der Waals surface area contributed by atoms with Gasteiger partial charge < -0.3 is 19.2 Å². The summed E-state index contributed by atoms with van der Waals surface area (Å²) < 4.78 is 34.5. The predicted molar refractivity (Wildman–Crippen MR) is 237 cm³/mol. The van der Waals surface area contributed by atoms with E-state index < -0.39 is 38.3 Å². The molecule has 1 aliphatic heterocycles. The lowest BCUT2D eigenvalue weighted by Gasteiger charge is -2.40. The third kappa shape index (κ3) is 11.2. The number of anilines is 1. The second kappa shape index (κ2) is 19.3. The molecule has 0 spiro atoms. The molecule has 0 radical (unpaired) electrons. The molecule has 5 aromatic carbocycles. The van der Waals surface area contributed by atoms with Crippen molar-refractivity contribution in [2.24, 2.45) is 17.8 Å². The van der Waals surface area contributed by atoms with Crippen molar-refractivity contribution in [3.05, 3.63) is 171 Å². The van der Waals surface area contributed by atoms with Gasteiger partial charge in [-0.05, 0) is 90.5 Å². The van der Waals surface area contributed by atoms with E-state index in [1.165, 1.54) is 12.1 Å². The summed E-state index contributed by atoms with van der Waals surface area (Å²) in [7, 11) is -2.39. The van der Waals surface area contributed by atoms with Crippen LogP contribution in [0, 0.1) is 30.1 Å². The molecular formula is C49H52BrFN2O5Si. The van der Waals surface area contributed by atoms with Gasteiger partial charge in [0.05, 0.1) is 25.3 Å². The molecule has 5 atom stereocenters. The van der Waals surface area contributed by atoms with E-state index in [0.29, 0.717) is 36.4 Å². The molecule has 5 aromatic rings. The first kappa shape index (κ1) is 43.5. The minimum atomic E-state index is -2.39. The molecule has 6 rings (SSSR count). The predicted octanol–water partition coefficient (Wildman–Crippen LogP) is 12.6. The number of rotatable bonds is 17. The molecule has 1 fully saturated rings. The van der Waals surface area contributed by atoms with Gasteiger partial charge in [-0.2, -0.15) is 0 Å². The van der Waals surface area contributed by atoms with E-state index in [4.69, 9.17) is 20.5 Å². The second-order valence-corrected chi connectivity index (χ2v) is 22.5. The number of halogens is 2. The highest BCUT2D eigenvalue weighted by molar-refractivity contribution is 9.10. The number of ether oxygens (including phenoxy) is 2. The number of carbonyl (C=O) groups excluding carboxylic acids is 2. The summed E-state index contributed by atoms with van der Waals surface area (Å²) in [6.07, 6.45) is 0.761. The number of carbonyl (C=O) groups is 2. The maximum atomic E-state index is 15.5. The van der Waals surface area contributed by atoms with Crippen LogP contribution in [0.15, 0.2) is 132 Å². The highest BCUT2D eigenvalue weighted by atomic mass is 79.9. The van der Waals surface area contributed by atoms with E-state index in [1.54, 1.807) is 24.3 Å². The lowest BCUT2D eigenvalue weighted by atomic mass is 9.75. The van der Waals surface area contributed by atoms with Crippen molar-refractivity contribution in [3.8, 4) is 5.75 Å². The van der Waals surface area contributed by atoms with Crippen LogP contribution in [-0.2, 0) is 31.8 Å². The number of benzene rings is 5. The van der Waals surface area contributed by atoms with Gasteiger partial charge in [-0.3, -0.25) is 9.59 Å². The van der Waals surface area contributed by atoms with Crippen LogP contribution in [0.5, 0.6) is 5.75 Å².